The molecule has 1 rings (SSSR count). The van der Waals surface area contributed by atoms with Gasteiger partial charge in [0.25, 0.3) is 0 Å². The Bertz CT molecular complexity index is 440. The molecule has 3 N–H and O–H groups in total. The Balaban J connectivity index is 2.61. The molecule has 0 bridgehead atoms. The van der Waals surface area contributed by atoms with E-state index in [9.17, 15) is 9.32 Å². The smallest absolute Gasteiger partial charge is 0.152 e. The molecule has 0 radical (unpaired) electrons. The van der Waals surface area contributed by atoms with Crippen LogP contribution in [0.2, 0.25) is 0 Å². The Morgan fingerprint density at radius 3 is 2.63 bits per heavy atom. The van der Waals surface area contributed by atoms with Crippen molar-refractivity contribution in [3.8, 4) is 0 Å². The van der Waals surface area contributed by atoms with Crippen LogP contribution in [0.4, 0.5) is 0 Å². The highest BCUT2D eigenvalue weighted by Crippen LogP contribution is 2.28. The molecule has 19 heavy (non-hydrogen) atoms. The van der Waals surface area contributed by atoms with Crippen LogP contribution in [-0.4, -0.2) is 31.7 Å². The van der Waals surface area contributed by atoms with Crippen LogP contribution in [0.5, 0.6) is 0 Å². The van der Waals surface area contributed by atoms with Gasteiger partial charge in [0.05, 0.1) is 11.9 Å². The van der Waals surface area contributed by atoms with E-state index in [-0.39, 0.29) is 5.75 Å². The van der Waals surface area contributed by atoms with Gasteiger partial charge in [-0.15, -0.1) is 0 Å². The first-order chi connectivity index (χ1) is 8.84. The summed E-state index contributed by atoms with van der Waals surface area (Å²) in [7, 11) is 0. The highest BCUT2D eigenvalue weighted by atomic mass is 127. The molecule has 0 spiro atoms. The van der Waals surface area contributed by atoms with Crippen molar-refractivity contribution in [2.75, 3.05) is 12.3 Å². The molecule has 0 saturated carbocycles. The lowest BCUT2D eigenvalue weighted by molar-refractivity contribution is 0.0799. The van der Waals surface area contributed by atoms with Crippen molar-refractivity contribution in [1.29, 1.82) is 0 Å². The maximum absolute atomic E-state index is 10.6. The molecular weight excluding hydrogens is 377 g/mol. The van der Waals surface area contributed by atoms with Crippen LogP contribution in [0.3, 0.4) is 0 Å². The second-order valence-electron chi connectivity index (χ2n) is 4.95. The number of halogens is 1. The van der Waals surface area contributed by atoms with Crippen LogP contribution in [-0.2, 0) is 11.1 Å². The molecule has 0 aliphatic heterocycles. The van der Waals surface area contributed by atoms with Crippen molar-refractivity contribution in [1.82, 2.24) is 5.32 Å². The second-order valence-corrected chi connectivity index (χ2v) is 7.17. The molecule has 0 fully saturated rings. The standard InChI is InChI=1S/C13H20INO3S/c1-13(2,15-8-5-9-19(17)18)12(16)10-6-3-4-7-11(10)14/h3-4,6-7,12,15-16H,5,8-9H2,1-2H3,(H,17,18). The Hall–Kier alpha value is -0.0200. The first-order valence-electron chi connectivity index (χ1n) is 6.09. The summed E-state index contributed by atoms with van der Waals surface area (Å²) in [6.07, 6.45) is -0.0225. The van der Waals surface area contributed by atoms with Gasteiger partial charge in [-0.25, -0.2) is 4.21 Å². The van der Waals surface area contributed by atoms with Crippen LogP contribution in [0.15, 0.2) is 24.3 Å². The number of hydrogen-bond donors (Lipinski definition) is 3. The first-order valence-corrected chi connectivity index (χ1v) is 8.45. The highest BCUT2D eigenvalue weighted by molar-refractivity contribution is 14.1. The van der Waals surface area contributed by atoms with Crippen LogP contribution >= 0.6 is 22.6 Å². The largest absolute Gasteiger partial charge is 0.386 e. The molecule has 0 saturated heterocycles. The topological polar surface area (TPSA) is 69.6 Å². The minimum absolute atomic E-state index is 0.252. The van der Waals surface area contributed by atoms with Crippen LogP contribution in [0, 0.1) is 3.57 Å². The molecule has 0 heterocycles. The van der Waals surface area contributed by atoms with Crippen molar-refractivity contribution in [3.05, 3.63) is 33.4 Å². The molecule has 2 atom stereocenters. The van der Waals surface area contributed by atoms with Crippen molar-refractivity contribution in [2.24, 2.45) is 0 Å². The lowest BCUT2D eigenvalue weighted by atomic mass is 9.91. The number of aliphatic hydroxyl groups is 1. The zero-order valence-electron chi connectivity index (χ0n) is 11.1. The summed E-state index contributed by atoms with van der Waals surface area (Å²) < 4.78 is 20.3. The molecule has 6 heteroatoms. The summed E-state index contributed by atoms with van der Waals surface area (Å²) in [5.74, 6) is 0.252. The summed E-state index contributed by atoms with van der Waals surface area (Å²) in [4.78, 5) is 0. The Morgan fingerprint density at radius 1 is 1.42 bits per heavy atom. The van der Waals surface area contributed by atoms with Gasteiger partial charge in [0.2, 0.25) is 0 Å². The maximum atomic E-state index is 10.6. The van der Waals surface area contributed by atoms with Crippen molar-refractivity contribution >= 4 is 33.7 Å². The Labute approximate surface area is 130 Å². The minimum atomic E-state index is -1.75. The van der Waals surface area contributed by atoms with Gasteiger partial charge in [-0.1, -0.05) is 18.2 Å². The fraction of sp³-hybridized carbons (Fsp3) is 0.538. The summed E-state index contributed by atoms with van der Waals surface area (Å²) in [6.45, 7) is 4.45. The van der Waals surface area contributed by atoms with E-state index in [0.717, 1.165) is 9.13 Å². The van der Waals surface area contributed by atoms with Gasteiger partial charge in [-0.2, -0.15) is 0 Å². The SMILES string of the molecule is CC(C)(NCCCS(=O)O)C(O)c1ccccc1I. The molecular formula is C13H20INO3S. The molecule has 2 unspecified atom stereocenters. The van der Waals surface area contributed by atoms with Crippen LogP contribution in [0.1, 0.15) is 31.9 Å². The second kappa shape index (κ2) is 7.68. The van der Waals surface area contributed by atoms with Crippen LogP contribution < -0.4 is 5.32 Å². The van der Waals surface area contributed by atoms with E-state index < -0.39 is 22.7 Å². The van der Waals surface area contributed by atoms with Crippen molar-refractivity contribution in [2.45, 2.75) is 31.9 Å². The van der Waals surface area contributed by atoms with Crippen molar-refractivity contribution in [3.63, 3.8) is 0 Å². The van der Waals surface area contributed by atoms with Gasteiger partial charge in [-0.05, 0) is 61.0 Å². The van der Waals surface area contributed by atoms with E-state index in [1.54, 1.807) is 0 Å². The predicted octanol–water partition coefficient (Wildman–Crippen LogP) is 2.30. The third-order valence-electron chi connectivity index (χ3n) is 2.96. The third kappa shape index (κ3) is 5.47. The van der Waals surface area contributed by atoms with Gasteiger partial charge >= 0.3 is 0 Å². The number of rotatable bonds is 7. The van der Waals surface area contributed by atoms with Crippen molar-refractivity contribution < 1.29 is 13.9 Å². The molecule has 0 amide bonds. The summed E-state index contributed by atoms with van der Waals surface area (Å²) in [6, 6.07) is 7.73. The first kappa shape index (κ1) is 17.0. The number of hydrogen-bond acceptors (Lipinski definition) is 3. The Kier molecular flexibility index (Phi) is 6.89. The highest BCUT2D eigenvalue weighted by Gasteiger charge is 2.29. The Morgan fingerprint density at radius 2 is 2.05 bits per heavy atom. The monoisotopic (exact) mass is 397 g/mol. The van der Waals surface area contributed by atoms with E-state index in [2.05, 4.69) is 27.9 Å². The van der Waals surface area contributed by atoms with E-state index >= 15 is 0 Å². The predicted molar refractivity (Wildman–Crippen MR) is 86.5 cm³/mol. The van der Waals surface area contributed by atoms with Gasteiger partial charge in [0.1, 0.15) is 0 Å². The lowest BCUT2D eigenvalue weighted by Gasteiger charge is -2.32. The minimum Gasteiger partial charge on any atom is -0.386 e. The average molecular weight is 397 g/mol. The van der Waals surface area contributed by atoms with E-state index in [1.807, 2.05) is 38.1 Å². The molecule has 1 aromatic rings. The number of benzene rings is 1. The quantitative estimate of drug-likeness (QED) is 0.375. The lowest BCUT2D eigenvalue weighted by Crippen LogP contribution is -2.45. The summed E-state index contributed by atoms with van der Waals surface area (Å²) in [5.41, 5.74) is 0.407. The average Bonchev–Trinajstić information content (AvgIpc) is 2.34. The fourth-order valence-corrected chi connectivity index (χ4v) is 2.86. The van der Waals surface area contributed by atoms with E-state index in [4.69, 9.17) is 4.55 Å². The molecule has 108 valence electrons. The maximum Gasteiger partial charge on any atom is 0.152 e. The summed E-state index contributed by atoms with van der Waals surface area (Å²) in [5, 5.41) is 13.7. The number of aliphatic hydroxyl groups excluding tert-OH is 1. The molecule has 0 aliphatic carbocycles. The molecule has 1 aromatic carbocycles. The van der Waals surface area contributed by atoms with Gasteiger partial charge in [0.15, 0.2) is 11.1 Å². The van der Waals surface area contributed by atoms with Gasteiger partial charge in [0, 0.05) is 9.11 Å². The van der Waals surface area contributed by atoms with Crippen LogP contribution in [0.25, 0.3) is 0 Å². The fourth-order valence-electron chi connectivity index (χ4n) is 1.79. The molecule has 4 nitrogen and oxygen atoms in total. The van der Waals surface area contributed by atoms with Gasteiger partial charge < -0.3 is 15.0 Å². The zero-order valence-corrected chi connectivity index (χ0v) is 14.1. The number of nitrogens with one attached hydrogen (secondary N) is 1. The normalized spacial score (nSPS) is 15.2. The molecule has 0 aliphatic rings. The van der Waals surface area contributed by atoms with Gasteiger partial charge in [-0.3, -0.25) is 0 Å². The van der Waals surface area contributed by atoms with E-state index in [1.165, 1.54) is 0 Å². The molecule has 0 aromatic heterocycles. The zero-order chi connectivity index (χ0) is 14.5. The summed E-state index contributed by atoms with van der Waals surface area (Å²) >= 11 is 0.460. The van der Waals surface area contributed by atoms with E-state index in [0.29, 0.717) is 13.0 Å². The third-order valence-corrected chi connectivity index (χ3v) is 4.58.